The largest absolute Gasteiger partial charge is 0.363 e. The maximum Gasteiger partial charge on any atom is 0.254 e. The Hall–Kier alpha value is -2.63. The zero-order valence-corrected chi connectivity index (χ0v) is 15.1. The van der Waals surface area contributed by atoms with Crippen LogP contribution in [0.15, 0.2) is 41.1 Å². The molecule has 3 rings (SSSR count). The Morgan fingerprint density at radius 1 is 1.15 bits per heavy atom. The quantitative estimate of drug-likeness (QED) is 0.858. The van der Waals surface area contributed by atoms with Gasteiger partial charge in [-0.2, -0.15) is 0 Å². The van der Waals surface area contributed by atoms with Crippen LogP contribution in [0.1, 0.15) is 54.9 Å². The fourth-order valence-corrected chi connectivity index (χ4v) is 3.42. The van der Waals surface area contributed by atoms with Gasteiger partial charge in [0, 0.05) is 17.7 Å². The number of anilines is 1. The number of carbonyl (C=O) groups excluding carboxylic acids is 2. The van der Waals surface area contributed by atoms with Gasteiger partial charge in [0.15, 0.2) is 5.82 Å². The summed E-state index contributed by atoms with van der Waals surface area (Å²) in [4.78, 5) is 27.2. The van der Waals surface area contributed by atoms with E-state index in [0.29, 0.717) is 11.4 Å². The molecule has 138 valence electrons. The van der Waals surface area contributed by atoms with Crippen LogP contribution in [0.5, 0.6) is 0 Å². The first-order chi connectivity index (χ1) is 12.7. The van der Waals surface area contributed by atoms with Crippen molar-refractivity contribution in [2.24, 2.45) is 0 Å². The third-order valence-electron chi connectivity index (χ3n) is 4.90. The number of nitrogens with zero attached hydrogens (tertiary/aromatic N) is 2. The monoisotopic (exact) mass is 355 g/mol. The zero-order chi connectivity index (χ0) is 18.4. The van der Waals surface area contributed by atoms with E-state index in [-0.39, 0.29) is 24.4 Å². The first kappa shape index (κ1) is 18.2. The maximum absolute atomic E-state index is 13.1. The van der Waals surface area contributed by atoms with Crippen molar-refractivity contribution in [2.75, 3.05) is 11.9 Å². The number of carbonyl (C=O) groups is 2. The second kappa shape index (κ2) is 8.65. The second-order valence-electron chi connectivity index (χ2n) is 6.71. The minimum Gasteiger partial charge on any atom is -0.363 e. The Morgan fingerprint density at radius 3 is 2.50 bits per heavy atom. The van der Waals surface area contributed by atoms with E-state index in [2.05, 4.69) is 17.4 Å². The normalized spacial score (nSPS) is 14.8. The standard InChI is InChI=1S/C20H25N3O3/c1-2-15-8-10-16(11-9-15)20(25)23(17-6-4-3-5-7-17)14-19(24)21-18-12-13-26-22-18/h8-13,17H,2-7,14H2,1H3,(H,21,22,24). The van der Waals surface area contributed by atoms with Gasteiger partial charge < -0.3 is 14.7 Å². The van der Waals surface area contributed by atoms with Gasteiger partial charge in [-0.15, -0.1) is 0 Å². The molecule has 0 bridgehead atoms. The van der Waals surface area contributed by atoms with E-state index in [1.54, 1.807) is 11.0 Å². The van der Waals surface area contributed by atoms with Crippen LogP contribution in [0.25, 0.3) is 0 Å². The van der Waals surface area contributed by atoms with E-state index < -0.39 is 0 Å². The summed E-state index contributed by atoms with van der Waals surface area (Å²) < 4.78 is 4.73. The van der Waals surface area contributed by atoms with Crippen molar-refractivity contribution >= 4 is 17.6 Å². The van der Waals surface area contributed by atoms with Crippen LogP contribution < -0.4 is 5.32 Å². The highest BCUT2D eigenvalue weighted by atomic mass is 16.5. The highest BCUT2D eigenvalue weighted by Gasteiger charge is 2.28. The molecule has 0 aliphatic heterocycles. The number of benzene rings is 1. The highest BCUT2D eigenvalue weighted by Crippen LogP contribution is 2.24. The molecule has 0 radical (unpaired) electrons. The van der Waals surface area contributed by atoms with Crippen LogP contribution in [0.2, 0.25) is 0 Å². The smallest absolute Gasteiger partial charge is 0.254 e. The van der Waals surface area contributed by atoms with E-state index in [9.17, 15) is 9.59 Å². The minimum atomic E-state index is -0.261. The highest BCUT2D eigenvalue weighted by molar-refractivity contribution is 5.99. The molecule has 6 heteroatoms. The molecule has 1 saturated carbocycles. The van der Waals surface area contributed by atoms with Crippen molar-refractivity contribution in [1.82, 2.24) is 10.1 Å². The van der Waals surface area contributed by atoms with Gasteiger partial charge >= 0.3 is 0 Å². The Labute approximate surface area is 153 Å². The van der Waals surface area contributed by atoms with E-state index in [4.69, 9.17) is 4.52 Å². The summed E-state index contributed by atoms with van der Waals surface area (Å²) in [6.45, 7) is 2.10. The maximum atomic E-state index is 13.1. The number of rotatable bonds is 6. The molecule has 1 aromatic heterocycles. The predicted molar refractivity (Wildman–Crippen MR) is 98.9 cm³/mol. The Bertz CT molecular complexity index is 719. The summed E-state index contributed by atoms with van der Waals surface area (Å²) in [5, 5.41) is 6.37. The summed E-state index contributed by atoms with van der Waals surface area (Å²) in [7, 11) is 0. The van der Waals surface area contributed by atoms with E-state index in [0.717, 1.165) is 32.1 Å². The van der Waals surface area contributed by atoms with E-state index in [1.807, 2.05) is 24.3 Å². The van der Waals surface area contributed by atoms with Gasteiger partial charge in [0.2, 0.25) is 5.91 Å². The Kier molecular flexibility index (Phi) is 6.04. The van der Waals surface area contributed by atoms with Gasteiger partial charge in [-0.05, 0) is 37.0 Å². The van der Waals surface area contributed by atoms with Gasteiger partial charge in [-0.1, -0.05) is 43.5 Å². The molecule has 0 spiro atoms. The Morgan fingerprint density at radius 2 is 1.88 bits per heavy atom. The van der Waals surface area contributed by atoms with Crippen LogP contribution in [-0.4, -0.2) is 34.5 Å². The van der Waals surface area contributed by atoms with Crippen LogP contribution in [0.4, 0.5) is 5.82 Å². The van der Waals surface area contributed by atoms with E-state index in [1.165, 1.54) is 18.2 Å². The van der Waals surface area contributed by atoms with Crippen molar-refractivity contribution in [3.05, 3.63) is 47.7 Å². The molecule has 0 saturated heterocycles. The average Bonchev–Trinajstić information content (AvgIpc) is 3.19. The topological polar surface area (TPSA) is 75.4 Å². The van der Waals surface area contributed by atoms with Crippen LogP contribution in [0, 0.1) is 0 Å². The summed E-state index contributed by atoms with van der Waals surface area (Å²) >= 11 is 0. The molecule has 1 aromatic carbocycles. The summed E-state index contributed by atoms with van der Waals surface area (Å²) in [6, 6.07) is 9.33. The lowest BCUT2D eigenvalue weighted by Crippen LogP contribution is -2.45. The second-order valence-corrected chi connectivity index (χ2v) is 6.71. The number of hydrogen-bond acceptors (Lipinski definition) is 4. The van der Waals surface area contributed by atoms with Crippen LogP contribution in [0.3, 0.4) is 0 Å². The first-order valence-electron chi connectivity index (χ1n) is 9.27. The molecular weight excluding hydrogens is 330 g/mol. The molecular formula is C20H25N3O3. The summed E-state index contributed by atoms with van der Waals surface area (Å²) in [6.07, 6.45) is 7.58. The number of hydrogen-bond donors (Lipinski definition) is 1. The molecule has 2 aromatic rings. The van der Waals surface area contributed by atoms with Crippen molar-refractivity contribution < 1.29 is 14.1 Å². The molecule has 6 nitrogen and oxygen atoms in total. The molecule has 2 amide bonds. The third-order valence-corrected chi connectivity index (χ3v) is 4.90. The van der Waals surface area contributed by atoms with Crippen molar-refractivity contribution in [2.45, 2.75) is 51.5 Å². The minimum absolute atomic E-state index is 0.0197. The SMILES string of the molecule is CCc1ccc(C(=O)N(CC(=O)Nc2ccon2)C2CCCCC2)cc1. The molecule has 1 aliphatic carbocycles. The van der Waals surface area contributed by atoms with Gasteiger partial charge in [-0.3, -0.25) is 9.59 Å². The molecule has 0 atom stereocenters. The average molecular weight is 355 g/mol. The van der Waals surface area contributed by atoms with Crippen molar-refractivity contribution in [3.63, 3.8) is 0 Å². The van der Waals surface area contributed by atoms with Gasteiger partial charge in [0.25, 0.3) is 5.91 Å². The molecule has 26 heavy (non-hydrogen) atoms. The van der Waals surface area contributed by atoms with Gasteiger partial charge in [0.05, 0.1) is 0 Å². The lowest BCUT2D eigenvalue weighted by atomic mass is 9.93. The molecule has 1 aliphatic rings. The van der Waals surface area contributed by atoms with Gasteiger partial charge in [0.1, 0.15) is 12.8 Å². The lowest BCUT2D eigenvalue weighted by Gasteiger charge is -2.34. The molecule has 1 fully saturated rings. The fourth-order valence-electron chi connectivity index (χ4n) is 3.42. The van der Waals surface area contributed by atoms with Crippen LogP contribution >= 0.6 is 0 Å². The Balaban J connectivity index is 1.75. The third kappa shape index (κ3) is 4.50. The number of nitrogens with one attached hydrogen (secondary N) is 1. The zero-order valence-electron chi connectivity index (χ0n) is 15.1. The summed E-state index contributed by atoms with van der Waals surface area (Å²) in [5.74, 6) is 0.0104. The molecule has 1 N–H and O–H groups in total. The van der Waals surface area contributed by atoms with Crippen LogP contribution in [-0.2, 0) is 11.2 Å². The lowest BCUT2D eigenvalue weighted by molar-refractivity contribution is -0.117. The molecule has 0 unspecified atom stereocenters. The number of aryl methyl sites for hydroxylation is 1. The predicted octanol–water partition coefficient (Wildman–Crippen LogP) is 3.65. The first-order valence-corrected chi connectivity index (χ1v) is 9.27. The van der Waals surface area contributed by atoms with E-state index >= 15 is 0 Å². The summed E-state index contributed by atoms with van der Waals surface area (Å²) in [5.41, 5.74) is 1.82. The molecule has 1 heterocycles. The van der Waals surface area contributed by atoms with Crippen molar-refractivity contribution in [1.29, 1.82) is 0 Å². The van der Waals surface area contributed by atoms with Crippen molar-refractivity contribution in [3.8, 4) is 0 Å². The number of aromatic nitrogens is 1. The fraction of sp³-hybridized carbons (Fsp3) is 0.450. The number of amides is 2. The van der Waals surface area contributed by atoms with Gasteiger partial charge in [-0.25, -0.2) is 0 Å².